The van der Waals surface area contributed by atoms with Gasteiger partial charge in [-0.1, -0.05) is 6.92 Å². The van der Waals surface area contributed by atoms with E-state index < -0.39 is 10.8 Å². The van der Waals surface area contributed by atoms with Crippen molar-refractivity contribution in [3.05, 3.63) is 18.2 Å². The molecule has 1 aromatic rings. The third-order valence-corrected chi connectivity index (χ3v) is 3.90. The minimum atomic E-state index is -0.761. The fourth-order valence-electron chi connectivity index (χ4n) is 1.27. The van der Waals surface area contributed by atoms with Crippen molar-refractivity contribution < 1.29 is 4.21 Å². The first-order valence-electron chi connectivity index (χ1n) is 5.22. The summed E-state index contributed by atoms with van der Waals surface area (Å²) in [6.07, 6.45) is 2.60. The van der Waals surface area contributed by atoms with Crippen LogP contribution in [0, 0.1) is 0 Å². The van der Waals surface area contributed by atoms with E-state index in [0.717, 1.165) is 18.7 Å². The molecule has 4 nitrogen and oxygen atoms in total. The summed E-state index contributed by atoms with van der Waals surface area (Å²) in [5.74, 6) is 0. The third-order valence-electron chi connectivity index (χ3n) is 2.53. The lowest BCUT2D eigenvalue weighted by atomic mass is 10.2. The number of benzene rings is 1. The highest BCUT2D eigenvalue weighted by Crippen LogP contribution is 2.19. The van der Waals surface area contributed by atoms with Gasteiger partial charge in [0.15, 0.2) is 0 Å². The first-order chi connectivity index (χ1) is 7.50. The molecule has 0 heterocycles. The second-order valence-corrected chi connectivity index (χ2v) is 5.67. The Labute approximate surface area is 98.9 Å². The fourth-order valence-corrected chi connectivity index (χ4v) is 1.72. The summed E-state index contributed by atoms with van der Waals surface area (Å²) in [7, 11) is -0.761. The molecular formula is C11H19N3OS. The van der Waals surface area contributed by atoms with Gasteiger partial charge >= 0.3 is 0 Å². The highest BCUT2D eigenvalue weighted by Gasteiger charge is 2.05. The van der Waals surface area contributed by atoms with Gasteiger partial charge in [-0.25, -0.2) is 0 Å². The van der Waals surface area contributed by atoms with Crippen LogP contribution in [-0.4, -0.2) is 22.3 Å². The lowest BCUT2D eigenvalue weighted by Gasteiger charge is -2.11. The molecule has 5 N–H and O–H groups in total. The summed E-state index contributed by atoms with van der Waals surface area (Å²) in [5, 5.41) is 3.44. The van der Waals surface area contributed by atoms with E-state index in [1.165, 1.54) is 0 Å². The summed E-state index contributed by atoms with van der Waals surface area (Å²) in [6.45, 7) is 2.76. The fraction of sp³-hybridized carbons (Fsp3) is 0.455. The Balaban J connectivity index is 2.43. The molecule has 90 valence electrons. The topological polar surface area (TPSA) is 81.1 Å². The summed E-state index contributed by atoms with van der Waals surface area (Å²) in [4.78, 5) is 0. The van der Waals surface area contributed by atoms with Crippen LogP contribution >= 0.6 is 0 Å². The summed E-state index contributed by atoms with van der Waals surface area (Å²) < 4.78 is 11.1. The van der Waals surface area contributed by atoms with Crippen LogP contribution in [0.2, 0.25) is 0 Å². The predicted octanol–water partition coefficient (Wildman–Crippen LogP) is 1.42. The Morgan fingerprint density at radius 2 is 2.06 bits per heavy atom. The summed E-state index contributed by atoms with van der Waals surface area (Å²) >= 11 is 0. The summed E-state index contributed by atoms with van der Waals surface area (Å²) in [5.41, 5.74) is 13.4. The van der Waals surface area contributed by atoms with Gasteiger partial charge in [-0.3, -0.25) is 4.21 Å². The lowest BCUT2D eigenvalue weighted by molar-refractivity contribution is 0.672. The molecule has 0 amide bonds. The molecule has 0 saturated heterocycles. The normalized spacial score (nSPS) is 14.4. The average Bonchev–Trinajstić information content (AvgIpc) is 2.23. The van der Waals surface area contributed by atoms with Crippen LogP contribution in [0.25, 0.3) is 0 Å². The van der Waals surface area contributed by atoms with Crippen LogP contribution in [0.1, 0.15) is 13.3 Å². The third kappa shape index (κ3) is 3.73. The van der Waals surface area contributed by atoms with Gasteiger partial charge in [-0.05, 0) is 24.6 Å². The minimum absolute atomic E-state index is 0.207. The monoisotopic (exact) mass is 241 g/mol. The molecule has 1 rings (SSSR count). The molecule has 2 unspecified atom stereocenters. The molecule has 2 atom stereocenters. The first kappa shape index (κ1) is 12.8. The van der Waals surface area contributed by atoms with E-state index in [2.05, 4.69) is 5.32 Å². The molecule has 0 radical (unpaired) electrons. The van der Waals surface area contributed by atoms with Crippen molar-refractivity contribution in [2.24, 2.45) is 0 Å². The van der Waals surface area contributed by atoms with E-state index in [4.69, 9.17) is 11.5 Å². The molecule has 0 saturated carbocycles. The Hall–Kier alpha value is -1.23. The number of hydrogen-bond donors (Lipinski definition) is 3. The van der Waals surface area contributed by atoms with Gasteiger partial charge in [-0.15, -0.1) is 0 Å². The molecule has 0 spiro atoms. The molecule has 16 heavy (non-hydrogen) atoms. The van der Waals surface area contributed by atoms with E-state index in [1.807, 2.05) is 19.1 Å². The van der Waals surface area contributed by atoms with Crippen LogP contribution in [0.5, 0.6) is 0 Å². The zero-order chi connectivity index (χ0) is 12.1. The molecular weight excluding hydrogens is 222 g/mol. The van der Waals surface area contributed by atoms with Gasteiger partial charge in [0.05, 0.1) is 11.4 Å². The van der Waals surface area contributed by atoms with Gasteiger partial charge < -0.3 is 16.8 Å². The summed E-state index contributed by atoms with van der Waals surface area (Å²) in [6, 6.07) is 5.47. The molecule has 0 aliphatic heterocycles. The minimum Gasteiger partial charge on any atom is -0.397 e. The largest absolute Gasteiger partial charge is 0.397 e. The number of rotatable bonds is 5. The van der Waals surface area contributed by atoms with E-state index in [9.17, 15) is 4.21 Å². The van der Waals surface area contributed by atoms with Crippen molar-refractivity contribution in [3.63, 3.8) is 0 Å². The van der Waals surface area contributed by atoms with Crippen LogP contribution in [-0.2, 0) is 10.8 Å². The molecule has 5 heteroatoms. The molecule has 0 fully saturated rings. The highest BCUT2D eigenvalue weighted by molar-refractivity contribution is 7.84. The van der Waals surface area contributed by atoms with Gasteiger partial charge in [0.25, 0.3) is 0 Å². The maximum absolute atomic E-state index is 11.1. The van der Waals surface area contributed by atoms with Gasteiger partial charge in [-0.2, -0.15) is 0 Å². The molecule has 0 aromatic heterocycles. The van der Waals surface area contributed by atoms with Crippen LogP contribution in [0.4, 0.5) is 17.1 Å². The smallest absolute Gasteiger partial charge is 0.0568 e. The molecule has 1 aromatic carbocycles. The second kappa shape index (κ2) is 5.75. The van der Waals surface area contributed by atoms with Crippen molar-refractivity contribution in [2.45, 2.75) is 18.6 Å². The van der Waals surface area contributed by atoms with Crippen molar-refractivity contribution in [2.75, 3.05) is 29.6 Å². The Kier molecular flexibility index (Phi) is 4.61. The molecule has 0 bridgehead atoms. The maximum atomic E-state index is 11.1. The molecule has 0 aliphatic carbocycles. The standard InChI is InChI=1S/C11H19N3OS/c1-8(16(2)15)5-6-14-9-3-4-10(12)11(13)7-9/h3-4,7-8,14H,5-6,12-13H2,1-2H3. The zero-order valence-corrected chi connectivity index (χ0v) is 10.5. The lowest BCUT2D eigenvalue weighted by Crippen LogP contribution is -2.14. The Bertz CT molecular complexity index is 381. The van der Waals surface area contributed by atoms with Crippen LogP contribution in [0.15, 0.2) is 18.2 Å². The zero-order valence-electron chi connectivity index (χ0n) is 9.69. The maximum Gasteiger partial charge on any atom is 0.0568 e. The van der Waals surface area contributed by atoms with Gasteiger partial charge in [0.1, 0.15) is 0 Å². The highest BCUT2D eigenvalue weighted by atomic mass is 32.2. The van der Waals surface area contributed by atoms with Crippen molar-refractivity contribution in [1.82, 2.24) is 0 Å². The first-order valence-corrected chi connectivity index (χ1v) is 6.84. The average molecular weight is 241 g/mol. The van der Waals surface area contributed by atoms with Crippen molar-refractivity contribution in [3.8, 4) is 0 Å². The number of anilines is 3. The predicted molar refractivity (Wildman–Crippen MR) is 71.9 cm³/mol. The van der Waals surface area contributed by atoms with E-state index >= 15 is 0 Å². The van der Waals surface area contributed by atoms with E-state index in [-0.39, 0.29) is 5.25 Å². The quantitative estimate of drug-likeness (QED) is 0.681. The number of hydrogen-bond acceptors (Lipinski definition) is 4. The Morgan fingerprint density at radius 3 is 2.62 bits per heavy atom. The van der Waals surface area contributed by atoms with Crippen molar-refractivity contribution in [1.29, 1.82) is 0 Å². The molecule has 0 aliphatic rings. The number of nitrogens with one attached hydrogen (secondary N) is 1. The number of nitrogens with two attached hydrogens (primary N) is 2. The number of nitrogen functional groups attached to an aromatic ring is 2. The second-order valence-electron chi connectivity index (χ2n) is 3.87. The van der Waals surface area contributed by atoms with Crippen LogP contribution < -0.4 is 16.8 Å². The van der Waals surface area contributed by atoms with E-state index in [0.29, 0.717) is 11.4 Å². The SMILES string of the molecule is CC(CCNc1ccc(N)c(N)c1)S(C)=O. The van der Waals surface area contributed by atoms with Crippen LogP contribution in [0.3, 0.4) is 0 Å². The van der Waals surface area contributed by atoms with Crippen molar-refractivity contribution >= 4 is 27.9 Å². The van der Waals surface area contributed by atoms with Gasteiger partial charge in [0.2, 0.25) is 0 Å². The van der Waals surface area contributed by atoms with Gasteiger partial charge in [0, 0.05) is 34.5 Å². The van der Waals surface area contributed by atoms with E-state index in [1.54, 1.807) is 12.3 Å². The Morgan fingerprint density at radius 1 is 1.38 bits per heavy atom.